The van der Waals surface area contributed by atoms with Gasteiger partial charge in [0.05, 0.1) is 0 Å². The molecule has 1 aliphatic heterocycles. The molecule has 0 aromatic carbocycles. The number of halogens is 3. The maximum atomic E-state index is 12.8. The van der Waals surface area contributed by atoms with Gasteiger partial charge in [-0.3, -0.25) is 4.79 Å². The van der Waals surface area contributed by atoms with E-state index in [1.165, 1.54) is 0 Å². The van der Waals surface area contributed by atoms with E-state index in [1.807, 2.05) is 4.90 Å². The van der Waals surface area contributed by atoms with Crippen LogP contribution in [0.1, 0.15) is 35.6 Å². The van der Waals surface area contributed by atoms with Gasteiger partial charge in [-0.1, -0.05) is 0 Å². The van der Waals surface area contributed by atoms with Crippen molar-refractivity contribution in [3.8, 4) is 0 Å². The van der Waals surface area contributed by atoms with E-state index >= 15 is 0 Å². The number of carbonyl (C=O) groups is 1. The lowest BCUT2D eigenvalue weighted by Crippen LogP contribution is -2.34. The SMILES string of the molecule is Cc1nc2nc(C(F)(F)F)nn2c(C)c1CCC(=O)N1CCCNCC1. The summed E-state index contributed by atoms with van der Waals surface area (Å²) in [5.41, 5.74) is 1.83. The number of fused-ring (bicyclic) bond motifs is 1. The number of aromatic nitrogens is 4. The van der Waals surface area contributed by atoms with Crippen LogP contribution in [0.25, 0.3) is 5.78 Å². The Kier molecular flexibility index (Phi) is 5.12. The van der Waals surface area contributed by atoms with Crippen molar-refractivity contribution in [3.05, 3.63) is 22.8 Å². The molecule has 0 atom stereocenters. The number of carbonyl (C=O) groups excluding carboxylic acids is 1. The topological polar surface area (TPSA) is 75.4 Å². The summed E-state index contributed by atoms with van der Waals surface area (Å²) in [7, 11) is 0. The van der Waals surface area contributed by atoms with Crippen molar-refractivity contribution in [2.24, 2.45) is 0 Å². The molecule has 1 saturated heterocycles. The molecule has 2 aromatic heterocycles. The number of aryl methyl sites for hydroxylation is 2. The minimum Gasteiger partial charge on any atom is -0.341 e. The average molecular weight is 370 g/mol. The molecule has 0 aliphatic carbocycles. The Morgan fingerprint density at radius 2 is 1.96 bits per heavy atom. The van der Waals surface area contributed by atoms with Crippen LogP contribution < -0.4 is 5.32 Å². The van der Waals surface area contributed by atoms with Crippen LogP contribution in [-0.4, -0.2) is 56.6 Å². The summed E-state index contributed by atoms with van der Waals surface area (Å²) in [5.74, 6) is -1.25. The molecule has 1 N–H and O–H groups in total. The van der Waals surface area contributed by atoms with Gasteiger partial charge in [0.1, 0.15) is 0 Å². The zero-order valence-electron chi connectivity index (χ0n) is 14.7. The summed E-state index contributed by atoms with van der Waals surface area (Å²) >= 11 is 0. The molecule has 7 nitrogen and oxygen atoms in total. The summed E-state index contributed by atoms with van der Waals surface area (Å²) in [6, 6.07) is 0. The van der Waals surface area contributed by atoms with Crippen LogP contribution in [0.3, 0.4) is 0 Å². The summed E-state index contributed by atoms with van der Waals surface area (Å²) in [6.45, 7) is 6.45. The summed E-state index contributed by atoms with van der Waals surface area (Å²) in [4.78, 5) is 21.9. The van der Waals surface area contributed by atoms with Gasteiger partial charge < -0.3 is 10.2 Å². The van der Waals surface area contributed by atoms with Crippen molar-refractivity contribution >= 4 is 11.7 Å². The monoisotopic (exact) mass is 370 g/mol. The minimum atomic E-state index is -4.62. The van der Waals surface area contributed by atoms with Crippen LogP contribution in [0.5, 0.6) is 0 Å². The van der Waals surface area contributed by atoms with Gasteiger partial charge in [0.2, 0.25) is 5.91 Å². The van der Waals surface area contributed by atoms with Gasteiger partial charge in [0, 0.05) is 37.4 Å². The number of rotatable bonds is 3. The first-order valence-electron chi connectivity index (χ1n) is 8.56. The largest absolute Gasteiger partial charge is 0.453 e. The number of hydrogen-bond acceptors (Lipinski definition) is 5. The molecule has 2 aromatic rings. The highest BCUT2D eigenvalue weighted by atomic mass is 19.4. The zero-order chi connectivity index (χ0) is 18.9. The fourth-order valence-electron chi connectivity index (χ4n) is 3.18. The van der Waals surface area contributed by atoms with E-state index in [2.05, 4.69) is 20.4 Å². The third-order valence-corrected chi connectivity index (χ3v) is 4.58. The molecule has 0 radical (unpaired) electrons. The Hall–Kier alpha value is -2.23. The summed E-state index contributed by atoms with van der Waals surface area (Å²) < 4.78 is 39.6. The van der Waals surface area contributed by atoms with Crippen LogP contribution >= 0.6 is 0 Å². The molecule has 3 rings (SSSR count). The van der Waals surface area contributed by atoms with Gasteiger partial charge in [-0.2, -0.15) is 18.2 Å². The lowest BCUT2D eigenvalue weighted by Gasteiger charge is -2.20. The Morgan fingerprint density at radius 1 is 1.19 bits per heavy atom. The van der Waals surface area contributed by atoms with Gasteiger partial charge in [0.15, 0.2) is 0 Å². The molecule has 0 saturated carbocycles. The van der Waals surface area contributed by atoms with Gasteiger partial charge in [-0.25, -0.2) is 9.50 Å². The van der Waals surface area contributed by atoms with Crippen LogP contribution in [0.15, 0.2) is 0 Å². The third-order valence-electron chi connectivity index (χ3n) is 4.58. The van der Waals surface area contributed by atoms with Crippen molar-refractivity contribution < 1.29 is 18.0 Å². The van der Waals surface area contributed by atoms with Crippen LogP contribution in [0, 0.1) is 13.8 Å². The second kappa shape index (κ2) is 7.18. The Labute approximate surface area is 148 Å². The molecule has 1 fully saturated rings. The Bertz CT molecular complexity index is 808. The highest BCUT2D eigenvalue weighted by Crippen LogP contribution is 2.27. The molecule has 0 unspecified atom stereocenters. The molecule has 0 spiro atoms. The van der Waals surface area contributed by atoms with E-state index in [0.29, 0.717) is 24.4 Å². The van der Waals surface area contributed by atoms with Crippen molar-refractivity contribution in [3.63, 3.8) is 0 Å². The maximum Gasteiger partial charge on any atom is 0.453 e. The lowest BCUT2D eigenvalue weighted by atomic mass is 10.1. The van der Waals surface area contributed by atoms with E-state index in [9.17, 15) is 18.0 Å². The van der Waals surface area contributed by atoms with E-state index in [-0.39, 0.29) is 18.1 Å². The molecule has 1 aliphatic rings. The molecule has 26 heavy (non-hydrogen) atoms. The van der Waals surface area contributed by atoms with E-state index in [4.69, 9.17) is 0 Å². The number of nitrogens with one attached hydrogen (secondary N) is 1. The predicted molar refractivity (Wildman–Crippen MR) is 87.6 cm³/mol. The molecular formula is C16H21F3N6O. The van der Waals surface area contributed by atoms with E-state index in [1.54, 1.807) is 13.8 Å². The smallest absolute Gasteiger partial charge is 0.341 e. The summed E-state index contributed by atoms with van der Waals surface area (Å²) in [6.07, 6.45) is -3.01. The van der Waals surface area contributed by atoms with Gasteiger partial charge >= 0.3 is 6.18 Å². The van der Waals surface area contributed by atoms with Gasteiger partial charge in [0.25, 0.3) is 11.6 Å². The van der Waals surface area contributed by atoms with Crippen molar-refractivity contribution in [1.82, 2.24) is 29.8 Å². The van der Waals surface area contributed by atoms with Crippen LogP contribution in [0.2, 0.25) is 0 Å². The second-order valence-corrected chi connectivity index (χ2v) is 6.39. The normalized spacial score (nSPS) is 16.1. The minimum absolute atomic E-state index is 0.0437. The van der Waals surface area contributed by atoms with Gasteiger partial charge in [-0.15, -0.1) is 5.10 Å². The Balaban J connectivity index is 1.80. The first-order chi connectivity index (χ1) is 12.3. The molecule has 3 heterocycles. The molecule has 0 bridgehead atoms. The predicted octanol–water partition coefficient (Wildman–Crippen LogP) is 1.51. The maximum absolute atomic E-state index is 12.8. The quantitative estimate of drug-likeness (QED) is 0.887. The highest BCUT2D eigenvalue weighted by Gasteiger charge is 2.37. The van der Waals surface area contributed by atoms with E-state index < -0.39 is 12.0 Å². The second-order valence-electron chi connectivity index (χ2n) is 6.39. The van der Waals surface area contributed by atoms with Crippen LogP contribution in [0.4, 0.5) is 13.2 Å². The lowest BCUT2D eigenvalue weighted by molar-refractivity contribution is -0.144. The number of amides is 1. The first kappa shape index (κ1) is 18.6. The fraction of sp³-hybridized carbons (Fsp3) is 0.625. The first-order valence-corrected chi connectivity index (χ1v) is 8.56. The molecule has 142 valence electrons. The van der Waals surface area contributed by atoms with Crippen LogP contribution in [-0.2, 0) is 17.4 Å². The third kappa shape index (κ3) is 3.79. The summed E-state index contributed by atoms with van der Waals surface area (Å²) in [5, 5.41) is 6.77. The van der Waals surface area contributed by atoms with Gasteiger partial charge in [-0.05, 0) is 38.8 Å². The molecular weight excluding hydrogens is 349 g/mol. The average Bonchev–Trinajstić information content (AvgIpc) is 2.82. The van der Waals surface area contributed by atoms with E-state index in [0.717, 1.165) is 36.1 Å². The standard InChI is InChI=1S/C16H21F3N6O/c1-10-12(4-5-13(26)24-8-3-6-20-7-9-24)11(2)25-15(21-10)22-14(23-25)16(17,18)19/h20H,3-9H2,1-2H3. The van der Waals surface area contributed by atoms with Crippen molar-refractivity contribution in [1.29, 1.82) is 0 Å². The number of hydrogen-bond donors (Lipinski definition) is 1. The fourth-order valence-corrected chi connectivity index (χ4v) is 3.18. The number of alkyl halides is 3. The van der Waals surface area contributed by atoms with Crippen molar-refractivity contribution in [2.75, 3.05) is 26.2 Å². The Morgan fingerprint density at radius 3 is 2.69 bits per heavy atom. The highest BCUT2D eigenvalue weighted by molar-refractivity contribution is 5.76. The zero-order valence-corrected chi connectivity index (χ0v) is 14.7. The molecule has 10 heteroatoms. The molecule has 1 amide bonds. The number of nitrogens with zero attached hydrogens (tertiary/aromatic N) is 5. The van der Waals surface area contributed by atoms with Crippen molar-refractivity contribution in [2.45, 2.75) is 39.3 Å².